The second-order valence-corrected chi connectivity index (χ2v) is 7.34. The van der Waals surface area contributed by atoms with Gasteiger partial charge < -0.3 is 14.7 Å². The van der Waals surface area contributed by atoms with Crippen molar-refractivity contribution < 1.29 is 19.4 Å². The number of benzene rings is 2. The molecule has 1 saturated heterocycles. The van der Waals surface area contributed by atoms with Crippen molar-refractivity contribution >= 4 is 28.0 Å². The van der Waals surface area contributed by atoms with Crippen molar-refractivity contribution in [1.82, 2.24) is 4.90 Å². The van der Waals surface area contributed by atoms with Gasteiger partial charge in [0, 0.05) is 23.9 Å². The molecule has 1 aliphatic rings. The fraction of sp³-hybridized carbons (Fsp3) is 0.300. The summed E-state index contributed by atoms with van der Waals surface area (Å²) in [5, 5.41) is 9.08. The van der Waals surface area contributed by atoms with Crippen molar-refractivity contribution in [2.75, 3.05) is 13.1 Å². The molecule has 0 saturated carbocycles. The van der Waals surface area contributed by atoms with Crippen LogP contribution in [0.1, 0.15) is 24.0 Å². The third-order valence-corrected chi connectivity index (χ3v) is 5.14. The number of cyclic esters (lactones) is 1. The second-order valence-electron chi connectivity index (χ2n) is 6.42. The van der Waals surface area contributed by atoms with Gasteiger partial charge in [-0.3, -0.25) is 4.79 Å². The molecule has 26 heavy (non-hydrogen) atoms. The molecule has 0 spiro atoms. The van der Waals surface area contributed by atoms with Crippen molar-refractivity contribution in [2.45, 2.75) is 24.9 Å². The van der Waals surface area contributed by atoms with Gasteiger partial charge in [-0.25, -0.2) is 4.79 Å². The lowest BCUT2D eigenvalue weighted by Gasteiger charge is -2.27. The van der Waals surface area contributed by atoms with E-state index >= 15 is 0 Å². The van der Waals surface area contributed by atoms with Gasteiger partial charge in [-0.15, -0.1) is 0 Å². The van der Waals surface area contributed by atoms with E-state index in [1.807, 2.05) is 54.6 Å². The van der Waals surface area contributed by atoms with E-state index in [-0.39, 0.29) is 12.8 Å². The van der Waals surface area contributed by atoms with Crippen LogP contribution in [0.4, 0.5) is 4.79 Å². The first-order chi connectivity index (χ1) is 12.5. The van der Waals surface area contributed by atoms with Gasteiger partial charge in [0.2, 0.25) is 0 Å². The van der Waals surface area contributed by atoms with Crippen molar-refractivity contribution in [2.24, 2.45) is 0 Å². The molecule has 3 rings (SSSR count). The van der Waals surface area contributed by atoms with Crippen molar-refractivity contribution in [3.05, 3.63) is 70.2 Å². The van der Waals surface area contributed by atoms with E-state index < -0.39 is 17.7 Å². The highest BCUT2D eigenvalue weighted by atomic mass is 79.9. The number of carbonyl (C=O) groups excluding carboxylic acids is 1. The quantitative estimate of drug-likeness (QED) is 0.732. The molecular weight excluding hydrogens is 398 g/mol. The number of amides is 1. The van der Waals surface area contributed by atoms with Crippen molar-refractivity contribution in [3.63, 3.8) is 0 Å². The molecule has 0 aliphatic carbocycles. The molecule has 1 atom stereocenters. The molecule has 136 valence electrons. The average molecular weight is 418 g/mol. The van der Waals surface area contributed by atoms with Crippen molar-refractivity contribution in [3.8, 4) is 0 Å². The van der Waals surface area contributed by atoms with E-state index in [1.165, 1.54) is 0 Å². The van der Waals surface area contributed by atoms with Crippen LogP contribution >= 0.6 is 15.9 Å². The van der Waals surface area contributed by atoms with Gasteiger partial charge in [0.05, 0.1) is 6.54 Å². The lowest BCUT2D eigenvalue weighted by atomic mass is 9.89. The Hall–Kier alpha value is -2.34. The summed E-state index contributed by atoms with van der Waals surface area (Å²) in [4.78, 5) is 25.2. The maximum absolute atomic E-state index is 12.4. The van der Waals surface area contributed by atoms with Crippen LogP contribution in [0, 0.1) is 0 Å². The number of carboxylic acids is 1. The number of halogens is 1. The van der Waals surface area contributed by atoms with E-state index in [4.69, 9.17) is 9.84 Å². The van der Waals surface area contributed by atoms with Crippen LogP contribution < -0.4 is 0 Å². The van der Waals surface area contributed by atoms with E-state index in [0.29, 0.717) is 19.5 Å². The summed E-state index contributed by atoms with van der Waals surface area (Å²) in [5.41, 5.74) is 1.06. The smallest absolute Gasteiger partial charge is 0.410 e. The molecular formula is C20H20BrNO4. The summed E-state index contributed by atoms with van der Waals surface area (Å²) < 4.78 is 6.73. The number of hydrogen-bond donors (Lipinski definition) is 1. The molecule has 1 fully saturated rings. The summed E-state index contributed by atoms with van der Waals surface area (Å²) in [5.74, 6) is -0.898. The molecule has 1 aliphatic heterocycles. The first-order valence-electron chi connectivity index (χ1n) is 8.48. The van der Waals surface area contributed by atoms with Crippen LogP contribution in [0.3, 0.4) is 0 Å². The highest BCUT2D eigenvalue weighted by molar-refractivity contribution is 9.10. The molecule has 6 heteroatoms. The Morgan fingerprint density at radius 3 is 2.50 bits per heavy atom. The Bertz CT molecular complexity index is 778. The average Bonchev–Trinajstić information content (AvgIpc) is 2.97. The second kappa shape index (κ2) is 7.91. The SMILES string of the molecule is O=C(O)CCC1(c2ccccc2)CN(CCc2ccc(Br)cc2)C(=O)O1. The number of hydrogen-bond acceptors (Lipinski definition) is 3. The molecule has 2 aromatic carbocycles. The maximum Gasteiger partial charge on any atom is 0.410 e. The fourth-order valence-corrected chi connectivity index (χ4v) is 3.46. The molecule has 1 heterocycles. The number of nitrogens with zero attached hydrogens (tertiary/aromatic N) is 1. The third-order valence-electron chi connectivity index (χ3n) is 4.61. The maximum atomic E-state index is 12.4. The lowest BCUT2D eigenvalue weighted by Crippen LogP contribution is -2.33. The normalized spacial score (nSPS) is 19.4. The van der Waals surface area contributed by atoms with Gasteiger partial charge in [0.1, 0.15) is 0 Å². The van der Waals surface area contributed by atoms with Gasteiger partial charge in [-0.1, -0.05) is 58.4 Å². The Morgan fingerprint density at radius 2 is 1.85 bits per heavy atom. The Kier molecular flexibility index (Phi) is 5.61. The topological polar surface area (TPSA) is 66.8 Å². The van der Waals surface area contributed by atoms with Crippen LogP contribution in [0.25, 0.3) is 0 Å². The van der Waals surface area contributed by atoms with Crippen LogP contribution in [-0.2, 0) is 21.6 Å². The van der Waals surface area contributed by atoms with Crippen LogP contribution in [0.15, 0.2) is 59.1 Å². The van der Waals surface area contributed by atoms with E-state index in [0.717, 1.165) is 15.6 Å². The number of rotatable bonds is 7. The highest BCUT2D eigenvalue weighted by Gasteiger charge is 2.46. The number of carbonyl (C=O) groups is 2. The Morgan fingerprint density at radius 1 is 1.15 bits per heavy atom. The fourth-order valence-electron chi connectivity index (χ4n) is 3.20. The molecule has 0 radical (unpaired) electrons. The summed E-state index contributed by atoms with van der Waals surface area (Å²) in [6.45, 7) is 0.891. The van der Waals surface area contributed by atoms with Gasteiger partial charge in [-0.05, 0) is 29.7 Å². The highest BCUT2D eigenvalue weighted by Crippen LogP contribution is 2.37. The largest absolute Gasteiger partial charge is 0.481 e. The van der Waals surface area contributed by atoms with Crippen LogP contribution in [-0.4, -0.2) is 35.2 Å². The van der Waals surface area contributed by atoms with E-state index in [9.17, 15) is 9.59 Å². The van der Waals surface area contributed by atoms with Gasteiger partial charge >= 0.3 is 12.1 Å². The van der Waals surface area contributed by atoms with Crippen LogP contribution in [0.2, 0.25) is 0 Å². The van der Waals surface area contributed by atoms with Gasteiger partial charge in [0.25, 0.3) is 0 Å². The Labute approximate surface area is 160 Å². The minimum absolute atomic E-state index is 0.0529. The van der Waals surface area contributed by atoms with Gasteiger partial charge in [-0.2, -0.15) is 0 Å². The van der Waals surface area contributed by atoms with Crippen LogP contribution in [0.5, 0.6) is 0 Å². The lowest BCUT2D eigenvalue weighted by molar-refractivity contribution is -0.138. The summed E-state index contributed by atoms with van der Waals surface area (Å²) in [6.07, 6.45) is 0.526. The monoisotopic (exact) mass is 417 g/mol. The molecule has 5 nitrogen and oxygen atoms in total. The zero-order chi connectivity index (χ0) is 18.6. The van der Waals surface area contributed by atoms with Crippen molar-refractivity contribution in [1.29, 1.82) is 0 Å². The summed E-state index contributed by atoms with van der Waals surface area (Å²) in [7, 11) is 0. The molecule has 0 aromatic heterocycles. The van der Waals surface area contributed by atoms with E-state index in [1.54, 1.807) is 4.90 Å². The molecule has 2 aromatic rings. The first kappa shape index (κ1) is 18.5. The zero-order valence-electron chi connectivity index (χ0n) is 14.2. The minimum atomic E-state index is -0.906. The molecule has 1 N–H and O–H groups in total. The predicted molar refractivity (Wildman–Crippen MR) is 101 cm³/mol. The Balaban J connectivity index is 1.74. The predicted octanol–water partition coefficient (Wildman–Crippen LogP) is 4.20. The molecule has 1 amide bonds. The number of carboxylic acid groups (broad SMARTS) is 1. The number of ether oxygens (including phenoxy) is 1. The minimum Gasteiger partial charge on any atom is -0.481 e. The molecule has 0 bridgehead atoms. The van der Waals surface area contributed by atoms with E-state index in [2.05, 4.69) is 15.9 Å². The number of aliphatic carboxylic acids is 1. The zero-order valence-corrected chi connectivity index (χ0v) is 15.8. The summed E-state index contributed by atoms with van der Waals surface area (Å²) >= 11 is 3.41. The molecule has 1 unspecified atom stereocenters. The first-order valence-corrected chi connectivity index (χ1v) is 9.27. The van der Waals surface area contributed by atoms with Gasteiger partial charge in [0.15, 0.2) is 5.60 Å². The summed E-state index contributed by atoms with van der Waals surface area (Å²) in [6, 6.07) is 17.4. The standard InChI is InChI=1S/C20H20BrNO4/c21-17-8-6-15(7-9-17)11-13-22-14-20(26-19(22)25,12-10-18(23)24)16-4-2-1-3-5-16/h1-9H,10-14H2,(H,23,24). The third kappa shape index (κ3) is 4.25.